The van der Waals surface area contributed by atoms with E-state index in [0.29, 0.717) is 83.1 Å². The highest BCUT2D eigenvalue weighted by Crippen LogP contribution is 2.44. The van der Waals surface area contributed by atoms with E-state index in [2.05, 4.69) is 55.6 Å². The number of allylic oxidation sites excluding steroid dienone is 1. The third-order valence-electron chi connectivity index (χ3n) is 20.6. The van der Waals surface area contributed by atoms with Crippen LogP contribution in [0.15, 0.2) is 147 Å². The first kappa shape index (κ1) is 88.0. The van der Waals surface area contributed by atoms with Crippen LogP contribution in [0.3, 0.4) is 0 Å². The number of rotatable bonds is 28. The van der Waals surface area contributed by atoms with Gasteiger partial charge in [-0.1, -0.05) is 101 Å². The number of carboxylic acid groups (broad SMARTS) is 1. The number of aliphatic carboxylic acids is 1. The number of β-amino-alcohol motifs (C(OH)–C–C–N with tert-alkyl or cyclic N) is 1. The number of aliphatic hydroxyl groups excluding tert-OH is 1. The van der Waals surface area contributed by atoms with Crippen LogP contribution in [0.4, 0.5) is 37.7 Å². The number of nitriles is 1. The predicted molar refractivity (Wildman–Crippen MR) is 420 cm³/mol. The van der Waals surface area contributed by atoms with Crippen LogP contribution in [0.2, 0.25) is 0 Å². The van der Waals surface area contributed by atoms with E-state index in [1.54, 1.807) is 33.9 Å². The summed E-state index contributed by atoms with van der Waals surface area (Å²) in [6.07, 6.45) is -0.870. The lowest BCUT2D eigenvalue weighted by atomic mass is 9.72. The number of carbonyl (C=O) groups excluding carboxylic acids is 5. The van der Waals surface area contributed by atoms with Crippen LogP contribution in [0, 0.1) is 29.1 Å². The number of halogens is 6. The molecule has 1 aromatic heterocycles. The number of unbranched alkanes of at least 4 members (excludes halogenated alkanes) is 2. The molecule has 0 spiro atoms. The van der Waals surface area contributed by atoms with Gasteiger partial charge in [-0.15, -0.1) is 23.1 Å². The van der Waals surface area contributed by atoms with Crippen LogP contribution in [0.25, 0.3) is 16.0 Å². The van der Waals surface area contributed by atoms with Crippen molar-refractivity contribution in [2.75, 3.05) is 88.0 Å². The molecule has 0 radical (unpaired) electrons. The molecule has 1 aliphatic carbocycles. The summed E-state index contributed by atoms with van der Waals surface area (Å²) in [5, 5.41) is 36.2. The summed E-state index contributed by atoms with van der Waals surface area (Å²) in [5.41, 5.74) is 2.93. The van der Waals surface area contributed by atoms with E-state index in [0.717, 1.165) is 88.9 Å². The van der Waals surface area contributed by atoms with Gasteiger partial charge in [-0.25, -0.2) is 31.3 Å². The number of aryl methyl sites for hydroxylation is 1. The number of aromatic nitrogens is 1. The Morgan fingerprint density at radius 1 is 0.779 bits per heavy atom. The number of alkyl halides is 6. The molecular formula is C80H97F6N11O12S4. The summed E-state index contributed by atoms with van der Waals surface area (Å²) in [4.78, 5) is 91.5. The van der Waals surface area contributed by atoms with E-state index < -0.39 is 106 Å². The van der Waals surface area contributed by atoms with Crippen LogP contribution in [0.5, 0.6) is 0 Å². The molecule has 0 saturated carbocycles. The predicted octanol–water partition coefficient (Wildman–Crippen LogP) is 12.2. The topological polar surface area (TPSA) is 312 Å². The van der Waals surface area contributed by atoms with Crippen molar-refractivity contribution in [3.8, 4) is 16.5 Å². The number of likely N-dealkylation sites (tertiary alicyclic amines) is 1. The van der Waals surface area contributed by atoms with E-state index in [-0.39, 0.29) is 54.4 Å². The molecule has 3 fully saturated rings. The van der Waals surface area contributed by atoms with Crippen molar-refractivity contribution >= 4 is 95.4 Å². The summed E-state index contributed by atoms with van der Waals surface area (Å²) in [5.74, 6) is -4.88. The number of aliphatic hydroxyl groups is 1. The quantitative estimate of drug-likeness (QED) is 0.0151. The van der Waals surface area contributed by atoms with Crippen LogP contribution in [0.1, 0.15) is 145 Å². The molecule has 6 aromatic rings. The van der Waals surface area contributed by atoms with Crippen LogP contribution < -0.4 is 25.6 Å². The number of sulfonamides is 1. The molecule has 3 aliphatic heterocycles. The zero-order valence-corrected chi connectivity index (χ0v) is 67.3. The lowest BCUT2D eigenvalue weighted by molar-refractivity contribution is -0.192. The third kappa shape index (κ3) is 24.1. The molecule has 0 unspecified atom stereocenters. The van der Waals surface area contributed by atoms with Crippen LogP contribution >= 0.6 is 23.1 Å². The number of amides is 5. The average Bonchev–Trinajstić information content (AvgIpc) is 1.61. The zero-order chi connectivity index (χ0) is 82.4. The maximum absolute atomic E-state index is 14.6. The minimum Gasteiger partial charge on any atom is -0.475 e. The Hall–Kier alpha value is -8.91. The number of hydrogen-bond acceptors (Lipinski definition) is 19. The van der Waals surface area contributed by atoms with E-state index >= 15 is 0 Å². The number of carboxylic acids is 1. The Labute approximate surface area is 663 Å². The van der Waals surface area contributed by atoms with Crippen molar-refractivity contribution in [3.05, 3.63) is 160 Å². The van der Waals surface area contributed by atoms with Gasteiger partial charge in [-0.2, -0.15) is 31.6 Å². The van der Waals surface area contributed by atoms with Gasteiger partial charge in [0.05, 0.1) is 50.4 Å². The molecule has 23 nitrogen and oxygen atoms in total. The fourth-order valence-electron chi connectivity index (χ4n) is 14.1. The molecule has 5 amide bonds. The Morgan fingerprint density at radius 3 is 2.01 bits per heavy atom. The third-order valence-corrected chi connectivity index (χ3v) is 25.6. The van der Waals surface area contributed by atoms with Crippen molar-refractivity contribution in [2.45, 2.75) is 169 Å². The second-order valence-corrected chi connectivity index (χ2v) is 36.2. The fraction of sp³-hybridized carbons (Fsp3) is 0.475. The number of hydrogen-bond donors (Lipinski definition) is 6. The van der Waals surface area contributed by atoms with Gasteiger partial charge in [-0.3, -0.25) is 33.8 Å². The van der Waals surface area contributed by atoms with Crippen LogP contribution in [-0.2, 0) is 43.8 Å². The number of nitrogens with zero attached hydrogens (tertiary/aromatic N) is 7. The summed E-state index contributed by atoms with van der Waals surface area (Å²) in [7, 11) is -11.1. The SMILES string of the molecule is Cc1ncsc1-c1ccc([C@H](C)NC(=O)[C@@H]2C[C@@H](O)CN2C(=O)[C@@H](NC(=O)CCCCCC(=O)N2CCN(CC[C@H](CSc3ccccc3)Nc3ccc(S(=O)(=O)NC(=O)c4ccc(N5CCN(CC6=C(c7ccc(C#N)cc7)CCC(C)(C)C6)CC5)cc4)cc3S(=O)(=O)C(F)(F)F)CC2)C(C)(C)C)cc1.O=C(O)C(F)(F)F. The molecule has 10 rings (SSSR count). The number of anilines is 2. The Kier molecular flexibility index (Phi) is 29.6. The number of piperazine rings is 2. The first-order valence-corrected chi connectivity index (χ1v) is 42.2. The minimum absolute atomic E-state index is 0.0460. The first-order valence-electron chi connectivity index (χ1n) is 37.3. The van der Waals surface area contributed by atoms with Crippen LogP contribution in [-0.4, -0.2) is 201 Å². The van der Waals surface area contributed by atoms with Gasteiger partial charge in [0.2, 0.25) is 23.6 Å². The van der Waals surface area contributed by atoms with Gasteiger partial charge in [0.15, 0.2) is 0 Å². The normalized spacial score (nSPS) is 18.1. The molecule has 610 valence electrons. The van der Waals surface area contributed by atoms with Crippen molar-refractivity contribution < 1.29 is 82.2 Å². The number of thiazole rings is 1. The molecule has 3 saturated heterocycles. The highest BCUT2D eigenvalue weighted by molar-refractivity contribution is 7.99. The second-order valence-electron chi connectivity index (χ2n) is 30.7. The molecule has 0 bridgehead atoms. The largest absolute Gasteiger partial charge is 0.501 e. The summed E-state index contributed by atoms with van der Waals surface area (Å²) < 4.78 is 132. The van der Waals surface area contributed by atoms with Gasteiger partial charge in [-0.05, 0) is 152 Å². The highest BCUT2D eigenvalue weighted by atomic mass is 32.2. The molecule has 5 aromatic carbocycles. The molecule has 4 heterocycles. The maximum Gasteiger partial charge on any atom is 0.501 e. The van der Waals surface area contributed by atoms with Gasteiger partial charge in [0, 0.05) is 119 Å². The lowest BCUT2D eigenvalue weighted by Crippen LogP contribution is -2.57. The smallest absolute Gasteiger partial charge is 0.475 e. The maximum atomic E-state index is 14.6. The van der Waals surface area contributed by atoms with Crippen molar-refractivity contribution in [1.29, 1.82) is 5.26 Å². The number of thioether (sulfide) groups is 1. The number of benzene rings is 5. The number of nitrogens with one attached hydrogen (secondary N) is 4. The van der Waals surface area contributed by atoms with Gasteiger partial charge in [0.25, 0.3) is 25.8 Å². The Morgan fingerprint density at radius 2 is 1.41 bits per heavy atom. The molecule has 113 heavy (non-hydrogen) atoms. The number of carbonyl (C=O) groups is 6. The van der Waals surface area contributed by atoms with E-state index in [1.165, 1.54) is 39.9 Å². The van der Waals surface area contributed by atoms with Gasteiger partial charge >= 0.3 is 17.7 Å². The summed E-state index contributed by atoms with van der Waals surface area (Å²) in [6, 6.07) is 32.6. The summed E-state index contributed by atoms with van der Waals surface area (Å²) >= 11 is 2.94. The molecule has 5 atom stereocenters. The second kappa shape index (κ2) is 38.0. The average molecular weight is 1650 g/mol. The fourth-order valence-corrected chi connectivity index (χ4v) is 18.0. The van der Waals surface area contributed by atoms with Crippen molar-refractivity contribution in [2.24, 2.45) is 10.8 Å². The van der Waals surface area contributed by atoms with Gasteiger partial charge < -0.3 is 40.9 Å². The van der Waals surface area contributed by atoms with E-state index in [4.69, 9.17) is 9.90 Å². The van der Waals surface area contributed by atoms with Gasteiger partial charge in [0.1, 0.15) is 17.0 Å². The standard InChI is InChI=1S/C78H96F3N11O10S4.C2HF3O2/c1-52(55-22-24-57(25-23-55)71-53(2)83-51-104-71)84-74(97)67-44-62(93)49-92(67)75(98)72(76(3,4)5)86-69(94)16-12-9-13-17-70(95)91-42-36-88(37-43-91)35-33-60(50-103-63-14-10-8-11-15-63)85-66-31-30-64(45-68(66)105(99,100)78(79,80)81)106(101,102)87-73(96)58-26-28-61(29-27-58)90-40-38-89(39-41-90)48-59-46-77(6,7)34-32-65(59)56-20-18-54(47-82)19-21-56;3-2(4,5)1(6)7/h8,10-11,14-15,18-31,45,51-52,60,62,67,72,85,93H,9,12-13,16-17,32-44,46,48-50H2,1-7H3,(H,84,97)(H,86,94)(H,87,96);(H,6,7)/t52-,60+,62+,67-,72+;/m0./s1. The molecular weight excluding hydrogens is 1550 g/mol. The minimum atomic E-state index is -6.19. The Bertz CT molecular complexity index is 4640. The number of sulfone groups is 1. The molecule has 4 aliphatic rings. The monoisotopic (exact) mass is 1650 g/mol. The molecule has 33 heteroatoms. The molecule has 6 N–H and O–H groups in total. The van der Waals surface area contributed by atoms with Crippen molar-refractivity contribution in [1.82, 2.24) is 39.9 Å². The lowest BCUT2D eigenvalue weighted by Gasteiger charge is -2.39. The zero-order valence-electron chi connectivity index (χ0n) is 64.1. The Balaban J connectivity index is 0.00000199. The van der Waals surface area contributed by atoms with E-state index in [9.17, 15) is 77.5 Å². The summed E-state index contributed by atoms with van der Waals surface area (Å²) in [6.45, 7) is 19.6. The van der Waals surface area contributed by atoms with Crippen molar-refractivity contribution in [3.63, 3.8) is 0 Å². The van der Waals surface area contributed by atoms with E-state index in [1.807, 2.05) is 118 Å². The first-order chi connectivity index (χ1) is 53.2. The highest BCUT2D eigenvalue weighted by Gasteiger charge is 2.49.